The molecule has 0 aromatic carbocycles. The van der Waals surface area contributed by atoms with Gasteiger partial charge in [0.05, 0.1) is 0 Å². The Labute approximate surface area is 74.5 Å². The number of rotatable bonds is 1. The third-order valence-corrected chi connectivity index (χ3v) is 3.19. The molecule has 12 heavy (non-hydrogen) atoms. The summed E-state index contributed by atoms with van der Waals surface area (Å²) in [6.07, 6.45) is 5.07. The highest BCUT2D eigenvalue weighted by Gasteiger charge is 2.40. The lowest BCUT2D eigenvalue weighted by atomic mass is 10.00. The summed E-state index contributed by atoms with van der Waals surface area (Å²) in [4.78, 5) is 0. The largest absolute Gasteiger partial charge is 0.328 e. The molecule has 2 aliphatic heterocycles. The Morgan fingerprint density at radius 2 is 1.67 bits per heavy atom. The van der Waals surface area contributed by atoms with Gasteiger partial charge in [-0.05, 0) is 25.7 Å². The highest BCUT2D eigenvalue weighted by Crippen LogP contribution is 2.35. The van der Waals surface area contributed by atoms with Crippen LogP contribution in [0.2, 0.25) is 0 Å². The van der Waals surface area contributed by atoms with Gasteiger partial charge in [0.15, 0.2) is 0 Å². The van der Waals surface area contributed by atoms with Crippen molar-refractivity contribution in [3.8, 4) is 0 Å². The number of hydrazine groups is 1. The van der Waals surface area contributed by atoms with E-state index in [0.717, 1.165) is 12.1 Å². The Hall–Kier alpha value is -0.120. The number of hydrogen-bond donors (Lipinski definition) is 1. The molecular formula is C9H19N3. The summed E-state index contributed by atoms with van der Waals surface area (Å²) < 4.78 is 0. The predicted molar refractivity (Wildman–Crippen MR) is 49.5 cm³/mol. The van der Waals surface area contributed by atoms with Gasteiger partial charge in [0.1, 0.15) is 0 Å². The summed E-state index contributed by atoms with van der Waals surface area (Å²) in [5.74, 6) is 0. The second-order valence-electron chi connectivity index (χ2n) is 4.34. The Morgan fingerprint density at radius 3 is 2.08 bits per heavy atom. The van der Waals surface area contributed by atoms with Crippen LogP contribution >= 0.6 is 0 Å². The quantitative estimate of drug-likeness (QED) is 0.617. The van der Waals surface area contributed by atoms with Crippen LogP contribution in [0.15, 0.2) is 0 Å². The Morgan fingerprint density at radius 1 is 1.17 bits per heavy atom. The van der Waals surface area contributed by atoms with Crippen molar-refractivity contribution < 1.29 is 0 Å². The molecule has 3 nitrogen and oxygen atoms in total. The molecule has 70 valence electrons. The first-order valence-electron chi connectivity index (χ1n) is 4.89. The lowest BCUT2D eigenvalue weighted by molar-refractivity contribution is -0.0516. The van der Waals surface area contributed by atoms with Gasteiger partial charge < -0.3 is 5.73 Å². The zero-order chi connectivity index (χ0) is 8.72. The first-order valence-corrected chi connectivity index (χ1v) is 4.89. The van der Waals surface area contributed by atoms with E-state index >= 15 is 0 Å². The van der Waals surface area contributed by atoms with Crippen LogP contribution in [0.3, 0.4) is 0 Å². The summed E-state index contributed by atoms with van der Waals surface area (Å²) in [5.41, 5.74) is 5.97. The molecule has 0 radical (unpaired) electrons. The van der Waals surface area contributed by atoms with E-state index in [9.17, 15) is 0 Å². The van der Waals surface area contributed by atoms with Crippen molar-refractivity contribution in [2.24, 2.45) is 5.73 Å². The first kappa shape index (κ1) is 8.48. The van der Waals surface area contributed by atoms with Crippen LogP contribution < -0.4 is 5.73 Å². The molecule has 0 spiro atoms. The van der Waals surface area contributed by atoms with Gasteiger partial charge >= 0.3 is 0 Å². The highest BCUT2D eigenvalue weighted by molar-refractivity contribution is 4.94. The number of fused-ring (bicyclic) bond motifs is 2. The SMILES string of the molecule is CN(C)N1C2CCC1CC(N)C2. The molecular weight excluding hydrogens is 150 g/mol. The molecule has 0 saturated carbocycles. The lowest BCUT2D eigenvalue weighted by Gasteiger charge is -2.41. The van der Waals surface area contributed by atoms with E-state index in [2.05, 4.69) is 24.1 Å². The van der Waals surface area contributed by atoms with E-state index in [-0.39, 0.29) is 0 Å². The summed E-state index contributed by atoms with van der Waals surface area (Å²) in [7, 11) is 4.28. The number of piperidine rings is 1. The molecule has 0 aromatic rings. The zero-order valence-corrected chi connectivity index (χ0v) is 8.03. The van der Waals surface area contributed by atoms with Gasteiger partial charge in [0, 0.05) is 32.2 Å². The minimum absolute atomic E-state index is 0.457. The minimum Gasteiger partial charge on any atom is -0.328 e. The van der Waals surface area contributed by atoms with Crippen LogP contribution in [-0.2, 0) is 0 Å². The van der Waals surface area contributed by atoms with Crippen molar-refractivity contribution in [1.29, 1.82) is 0 Å². The number of nitrogens with two attached hydrogens (primary N) is 1. The molecule has 3 heteroatoms. The van der Waals surface area contributed by atoms with Crippen LogP contribution in [0.1, 0.15) is 25.7 Å². The maximum absolute atomic E-state index is 5.97. The van der Waals surface area contributed by atoms with E-state index in [1.165, 1.54) is 25.7 Å². The van der Waals surface area contributed by atoms with Gasteiger partial charge in [-0.15, -0.1) is 0 Å². The van der Waals surface area contributed by atoms with Crippen molar-refractivity contribution in [2.45, 2.75) is 43.8 Å². The van der Waals surface area contributed by atoms with Gasteiger partial charge in [0.25, 0.3) is 0 Å². The van der Waals surface area contributed by atoms with Crippen LogP contribution in [0, 0.1) is 0 Å². The fourth-order valence-corrected chi connectivity index (χ4v) is 2.85. The fourth-order valence-electron chi connectivity index (χ4n) is 2.85. The smallest absolute Gasteiger partial charge is 0.0264 e. The second-order valence-corrected chi connectivity index (χ2v) is 4.34. The predicted octanol–water partition coefficient (Wildman–Crippen LogP) is 0.417. The van der Waals surface area contributed by atoms with E-state index < -0.39 is 0 Å². The minimum atomic E-state index is 0.457. The second kappa shape index (κ2) is 2.98. The zero-order valence-electron chi connectivity index (χ0n) is 8.03. The first-order chi connectivity index (χ1) is 5.68. The molecule has 2 heterocycles. The molecule has 2 N–H and O–H groups in total. The maximum atomic E-state index is 5.97. The standard InChI is InChI=1S/C9H19N3/c1-11(2)12-8-3-4-9(12)6-7(10)5-8/h7-9H,3-6,10H2,1-2H3. The van der Waals surface area contributed by atoms with Gasteiger partial charge in [-0.1, -0.05) is 0 Å². The third kappa shape index (κ3) is 1.26. The topological polar surface area (TPSA) is 32.5 Å². The number of hydrogen-bond acceptors (Lipinski definition) is 3. The average molecular weight is 169 g/mol. The van der Waals surface area contributed by atoms with E-state index in [4.69, 9.17) is 5.73 Å². The maximum Gasteiger partial charge on any atom is 0.0264 e. The van der Waals surface area contributed by atoms with Gasteiger partial charge in [-0.3, -0.25) is 0 Å². The molecule has 0 amide bonds. The summed E-state index contributed by atoms with van der Waals surface area (Å²) in [6, 6.07) is 1.92. The summed E-state index contributed by atoms with van der Waals surface area (Å²) in [5, 5.41) is 4.76. The van der Waals surface area contributed by atoms with Crippen LogP contribution in [-0.4, -0.2) is 42.2 Å². The molecule has 2 saturated heterocycles. The summed E-state index contributed by atoms with van der Waals surface area (Å²) in [6.45, 7) is 0. The molecule has 0 aromatic heterocycles. The van der Waals surface area contributed by atoms with Crippen molar-refractivity contribution in [1.82, 2.24) is 10.0 Å². The molecule has 0 aliphatic carbocycles. The summed E-state index contributed by atoms with van der Waals surface area (Å²) >= 11 is 0. The molecule has 2 aliphatic rings. The average Bonchev–Trinajstić information content (AvgIpc) is 2.24. The fraction of sp³-hybridized carbons (Fsp3) is 1.00. The monoisotopic (exact) mass is 169 g/mol. The Balaban J connectivity index is 2.09. The molecule has 2 bridgehead atoms. The van der Waals surface area contributed by atoms with Gasteiger partial charge in [0.2, 0.25) is 0 Å². The van der Waals surface area contributed by atoms with Gasteiger partial charge in [-0.25, -0.2) is 10.0 Å². The highest BCUT2D eigenvalue weighted by atomic mass is 15.6. The lowest BCUT2D eigenvalue weighted by Crippen LogP contribution is -2.52. The van der Waals surface area contributed by atoms with Crippen LogP contribution in [0.5, 0.6) is 0 Å². The molecule has 2 atom stereocenters. The third-order valence-electron chi connectivity index (χ3n) is 3.19. The molecule has 2 fully saturated rings. The van der Waals surface area contributed by atoms with Crippen molar-refractivity contribution in [3.05, 3.63) is 0 Å². The van der Waals surface area contributed by atoms with Crippen molar-refractivity contribution >= 4 is 0 Å². The van der Waals surface area contributed by atoms with Gasteiger partial charge in [-0.2, -0.15) is 0 Å². The van der Waals surface area contributed by atoms with E-state index in [1.54, 1.807) is 0 Å². The normalized spacial score (nSPS) is 42.5. The van der Waals surface area contributed by atoms with Crippen LogP contribution in [0.4, 0.5) is 0 Å². The molecule has 2 unspecified atom stereocenters. The Bertz CT molecular complexity index is 155. The van der Waals surface area contributed by atoms with E-state index in [1.807, 2.05) is 0 Å². The van der Waals surface area contributed by atoms with Crippen molar-refractivity contribution in [2.75, 3.05) is 14.1 Å². The number of nitrogens with zero attached hydrogens (tertiary/aromatic N) is 2. The van der Waals surface area contributed by atoms with Crippen molar-refractivity contribution in [3.63, 3.8) is 0 Å². The Kier molecular flexibility index (Phi) is 2.10. The van der Waals surface area contributed by atoms with E-state index in [0.29, 0.717) is 6.04 Å². The van der Waals surface area contributed by atoms with Crippen LogP contribution in [0.25, 0.3) is 0 Å². The molecule has 2 rings (SSSR count).